The highest BCUT2D eigenvalue weighted by Crippen LogP contribution is 2.31. The standard InChI is InChI=1S/C21H24ClN5O2/c1-13(20(28)26(2)3)29-21-23-17-12-16(22)18(24-19(17)25-21)14-6-8-15(9-7-14)27-10-4-5-11-27/h6-9,12-13H,4-5,10-11H2,1-3H3,(H,23,24,25). The number of nitrogens with zero attached hydrogens (tertiary/aromatic N) is 4. The molecule has 7 nitrogen and oxygen atoms in total. The summed E-state index contributed by atoms with van der Waals surface area (Å²) in [6, 6.07) is 10.3. The van der Waals surface area contributed by atoms with Crippen molar-refractivity contribution in [2.75, 3.05) is 32.1 Å². The number of hydrogen-bond acceptors (Lipinski definition) is 5. The van der Waals surface area contributed by atoms with Gasteiger partial charge in [-0.1, -0.05) is 23.7 Å². The van der Waals surface area contributed by atoms with Crippen LogP contribution in [-0.2, 0) is 4.79 Å². The second kappa shape index (κ2) is 7.91. The van der Waals surface area contributed by atoms with E-state index in [0.29, 0.717) is 21.9 Å². The predicted octanol–water partition coefficient (Wildman–Crippen LogP) is 3.73. The highest BCUT2D eigenvalue weighted by molar-refractivity contribution is 6.33. The molecule has 1 unspecified atom stereocenters. The molecule has 0 radical (unpaired) electrons. The van der Waals surface area contributed by atoms with Gasteiger partial charge in [-0.25, -0.2) is 4.98 Å². The van der Waals surface area contributed by atoms with E-state index in [9.17, 15) is 4.79 Å². The molecular weight excluding hydrogens is 390 g/mol. The molecule has 2 aromatic heterocycles. The Labute approximate surface area is 174 Å². The van der Waals surface area contributed by atoms with Crippen LogP contribution in [-0.4, -0.2) is 59.0 Å². The first-order chi connectivity index (χ1) is 13.9. The maximum Gasteiger partial charge on any atom is 0.296 e. The molecule has 1 amide bonds. The number of H-pyrrole nitrogens is 1. The number of carbonyl (C=O) groups excluding carboxylic acids is 1. The molecule has 1 fully saturated rings. The molecule has 1 aliphatic rings. The first-order valence-electron chi connectivity index (χ1n) is 9.72. The first kappa shape index (κ1) is 19.5. The number of nitrogens with one attached hydrogen (secondary N) is 1. The molecule has 3 aromatic rings. The average molecular weight is 414 g/mol. The monoisotopic (exact) mass is 413 g/mol. The number of amides is 1. The second-order valence-corrected chi connectivity index (χ2v) is 7.87. The van der Waals surface area contributed by atoms with E-state index in [4.69, 9.17) is 16.3 Å². The van der Waals surface area contributed by atoms with E-state index < -0.39 is 6.10 Å². The Morgan fingerprint density at radius 2 is 1.90 bits per heavy atom. The van der Waals surface area contributed by atoms with Gasteiger partial charge in [-0.2, -0.15) is 4.98 Å². The topological polar surface area (TPSA) is 74.4 Å². The number of fused-ring (bicyclic) bond motifs is 1. The van der Waals surface area contributed by atoms with Crippen LogP contribution in [0.1, 0.15) is 19.8 Å². The van der Waals surface area contributed by atoms with E-state index in [0.717, 1.165) is 18.7 Å². The third-order valence-corrected chi connectivity index (χ3v) is 5.38. The third kappa shape index (κ3) is 4.00. The number of halogens is 1. The Morgan fingerprint density at radius 3 is 2.55 bits per heavy atom. The molecule has 3 heterocycles. The number of carbonyl (C=O) groups is 1. The zero-order valence-corrected chi connectivity index (χ0v) is 17.5. The minimum atomic E-state index is -0.654. The van der Waals surface area contributed by atoms with Gasteiger partial charge in [-0.05, 0) is 38.0 Å². The lowest BCUT2D eigenvalue weighted by Gasteiger charge is -2.17. The van der Waals surface area contributed by atoms with E-state index in [1.165, 1.54) is 23.4 Å². The second-order valence-electron chi connectivity index (χ2n) is 7.47. The molecule has 0 bridgehead atoms. The minimum Gasteiger partial charge on any atom is -0.452 e. The van der Waals surface area contributed by atoms with Gasteiger partial charge < -0.3 is 19.5 Å². The molecule has 0 spiro atoms. The van der Waals surface area contributed by atoms with Gasteiger partial charge in [0.05, 0.1) is 16.2 Å². The third-order valence-electron chi connectivity index (χ3n) is 5.09. The van der Waals surface area contributed by atoms with Gasteiger partial charge >= 0.3 is 0 Å². The summed E-state index contributed by atoms with van der Waals surface area (Å²) in [6.07, 6.45) is 1.83. The fourth-order valence-electron chi connectivity index (χ4n) is 3.54. The van der Waals surface area contributed by atoms with Crippen LogP contribution in [0.4, 0.5) is 5.69 Å². The number of anilines is 1. The number of imidazole rings is 1. The lowest BCUT2D eigenvalue weighted by atomic mass is 10.1. The van der Waals surface area contributed by atoms with Crippen molar-refractivity contribution in [1.29, 1.82) is 0 Å². The Morgan fingerprint density at radius 1 is 1.21 bits per heavy atom. The summed E-state index contributed by atoms with van der Waals surface area (Å²) in [6.45, 7) is 3.90. The van der Waals surface area contributed by atoms with Crippen LogP contribution in [0.3, 0.4) is 0 Å². The van der Waals surface area contributed by atoms with Gasteiger partial charge in [-0.3, -0.25) is 4.79 Å². The molecule has 8 heteroatoms. The van der Waals surface area contributed by atoms with Gasteiger partial charge in [-0.15, -0.1) is 0 Å². The number of hydrogen-bond donors (Lipinski definition) is 1. The first-order valence-corrected chi connectivity index (χ1v) is 10.1. The molecule has 0 aliphatic carbocycles. The van der Waals surface area contributed by atoms with Gasteiger partial charge in [0.2, 0.25) is 0 Å². The highest BCUT2D eigenvalue weighted by Gasteiger charge is 2.19. The van der Waals surface area contributed by atoms with E-state index >= 15 is 0 Å². The number of pyridine rings is 1. The molecule has 1 atom stereocenters. The van der Waals surface area contributed by atoms with Crippen LogP contribution >= 0.6 is 11.6 Å². The van der Waals surface area contributed by atoms with E-state index in [1.54, 1.807) is 27.1 Å². The average Bonchev–Trinajstić information content (AvgIpc) is 3.36. The summed E-state index contributed by atoms with van der Waals surface area (Å²) in [4.78, 5) is 27.9. The molecule has 1 N–H and O–H groups in total. The highest BCUT2D eigenvalue weighted by atomic mass is 35.5. The van der Waals surface area contributed by atoms with Crippen LogP contribution in [0, 0.1) is 0 Å². The van der Waals surface area contributed by atoms with Crippen molar-refractivity contribution in [1.82, 2.24) is 19.9 Å². The van der Waals surface area contributed by atoms with E-state index in [1.807, 2.05) is 12.1 Å². The SMILES string of the molecule is CC(Oc1nc2nc(-c3ccc(N4CCCC4)cc3)c(Cl)cc2[nH]1)C(=O)N(C)C. The maximum absolute atomic E-state index is 12.0. The zero-order chi connectivity index (χ0) is 20.5. The van der Waals surface area contributed by atoms with Gasteiger partial charge in [0, 0.05) is 38.4 Å². The molecule has 1 aliphatic heterocycles. The summed E-state index contributed by atoms with van der Waals surface area (Å²) in [5.74, 6) is -0.143. The zero-order valence-electron chi connectivity index (χ0n) is 16.8. The Kier molecular flexibility index (Phi) is 5.32. The van der Waals surface area contributed by atoms with Crippen molar-refractivity contribution in [3.63, 3.8) is 0 Å². The summed E-state index contributed by atoms with van der Waals surface area (Å²) < 4.78 is 5.63. The largest absolute Gasteiger partial charge is 0.452 e. The molecular formula is C21H24ClN5O2. The number of rotatable bonds is 5. The lowest BCUT2D eigenvalue weighted by molar-refractivity contribution is -0.135. The fraction of sp³-hybridized carbons (Fsp3) is 0.381. The van der Waals surface area contributed by atoms with Crippen LogP contribution in [0.5, 0.6) is 6.01 Å². The number of likely N-dealkylation sites (N-methyl/N-ethyl adjacent to an activating group) is 1. The van der Waals surface area contributed by atoms with Gasteiger partial charge in [0.15, 0.2) is 11.8 Å². The van der Waals surface area contributed by atoms with Crippen molar-refractivity contribution in [3.05, 3.63) is 35.4 Å². The Hall–Kier alpha value is -2.80. The van der Waals surface area contributed by atoms with E-state index in [2.05, 4.69) is 32.0 Å². The molecule has 152 valence electrons. The maximum atomic E-state index is 12.0. The van der Waals surface area contributed by atoms with Crippen molar-refractivity contribution in [2.24, 2.45) is 0 Å². The minimum absolute atomic E-state index is 0.143. The van der Waals surface area contributed by atoms with Gasteiger partial charge in [0.1, 0.15) is 0 Å². The lowest BCUT2D eigenvalue weighted by Crippen LogP contribution is -2.35. The Balaban J connectivity index is 1.59. The Bertz CT molecular complexity index is 1030. The van der Waals surface area contributed by atoms with Crippen molar-refractivity contribution < 1.29 is 9.53 Å². The van der Waals surface area contributed by atoms with Crippen molar-refractivity contribution in [2.45, 2.75) is 25.9 Å². The normalized spacial score (nSPS) is 15.0. The van der Waals surface area contributed by atoms with Crippen molar-refractivity contribution in [3.8, 4) is 17.3 Å². The van der Waals surface area contributed by atoms with Crippen LogP contribution < -0.4 is 9.64 Å². The van der Waals surface area contributed by atoms with E-state index in [-0.39, 0.29) is 11.9 Å². The molecule has 1 aromatic carbocycles. The predicted molar refractivity (Wildman–Crippen MR) is 115 cm³/mol. The summed E-state index contributed by atoms with van der Waals surface area (Å²) in [7, 11) is 3.37. The quantitative estimate of drug-likeness (QED) is 0.689. The molecule has 1 saturated heterocycles. The van der Waals surface area contributed by atoms with Crippen LogP contribution in [0.25, 0.3) is 22.4 Å². The number of aromatic nitrogens is 3. The number of ether oxygens (including phenoxy) is 1. The summed E-state index contributed by atoms with van der Waals surface area (Å²) in [5, 5.41) is 0.527. The summed E-state index contributed by atoms with van der Waals surface area (Å²) >= 11 is 6.49. The van der Waals surface area contributed by atoms with Gasteiger partial charge in [0.25, 0.3) is 11.9 Å². The number of aromatic amines is 1. The molecule has 29 heavy (non-hydrogen) atoms. The van der Waals surface area contributed by atoms with Crippen LogP contribution in [0.2, 0.25) is 5.02 Å². The molecule has 0 saturated carbocycles. The van der Waals surface area contributed by atoms with Crippen LogP contribution in [0.15, 0.2) is 30.3 Å². The fourth-order valence-corrected chi connectivity index (χ4v) is 3.80. The smallest absolute Gasteiger partial charge is 0.296 e. The van der Waals surface area contributed by atoms with Crippen molar-refractivity contribution >= 4 is 34.4 Å². The number of benzene rings is 1. The molecule has 4 rings (SSSR count). The summed E-state index contributed by atoms with van der Waals surface area (Å²) in [5.41, 5.74) is 3.97.